The third-order valence-corrected chi connectivity index (χ3v) is 15.3. The van der Waals surface area contributed by atoms with Gasteiger partial charge in [0.1, 0.15) is 28.9 Å². The van der Waals surface area contributed by atoms with Gasteiger partial charge < -0.3 is 31.8 Å². The number of nitrogens with two attached hydrogens (primary N) is 2. The van der Waals surface area contributed by atoms with Crippen LogP contribution in [0.25, 0.3) is 0 Å². The third-order valence-electron chi connectivity index (χ3n) is 9.09. The lowest BCUT2D eigenvalue weighted by Gasteiger charge is -2.35. The van der Waals surface area contributed by atoms with Gasteiger partial charge in [0.15, 0.2) is 0 Å². The maximum absolute atomic E-state index is 12.1. The quantitative estimate of drug-likeness (QED) is 0.0520. The summed E-state index contributed by atoms with van der Waals surface area (Å²) in [6.07, 6.45) is 12.3. The minimum atomic E-state index is -0.802. The predicted molar refractivity (Wildman–Crippen MR) is 238 cm³/mol. The number of aliphatic carboxylic acids is 2. The summed E-state index contributed by atoms with van der Waals surface area (Å²) in [5.41, 5.74) is 11.0. The molecule has 0 saturated heterocycles. The smallest absolute Gasteiger partial charge is 0.313 e. The molecular formula is C40H71N3O10S4. The molecule has 2 saturated carbocycles. The van der Waals surface area contributed by atoms with Crippen LogP contribution in [0.15, 0.2) is 0 Å². The second-order valence-electron chi connectivity index (χ2n) is 14.3. The van der Waals surface area contributed by atoms with Gasteiger partial charge in [-0.25, -0.2) is 0 Å². The molecule has 17 heteroatoms. The molecule has 0 radical (unpaired) electrons. The molecule has 0 spiro atoms. The first-order valence-corrected chi connectivity index (χ1v) is 23.9. The van der Waals surface area contributed by atoms with Gasteiger partial charge >= 0.3 is 11.9 Å². The predicted octanol–water partition coefficient (Wildman–Crippen LogP) is 5.99. The summed E-state index contributed by atoms with van der Waals surface area (Å²) in [5.74, 6) is 0.216. The number of rotatable bonds is 30. The van der Waals surface area contributed by atoms with Crippen LogP contribution < -0.4 is 16.8 Å². The number of carbonyl (C=O) groups is 8. The molecule has 0 heterocycles. The van der Waals surface area contributed by atoms with Crippen molar-refractivity contribution in [3.63, 3.8) is 0 Å². The van der Waals surface area contributed by atoms with Crippen molar-refractivity contribution in [3.8, 4) is 0 Å². The van der Waals surface area contributed by atoms with E-state index in [0.717, 1.165) is 70.6 Å². The highest BCUT2D eigenvalue weighted by atomic mass is 32.2. The van der Waals surface area contributed by atoms with E-state index in [4.69, 9.17) is 21.7 Å². The Hall–Kier alpha value is -1.92. The van der Waals surface area contributed by atoms with E-state index in [1.165, 1.54) is 37.4 Å². The molecule has 330 valence electrons. The van der Waals surface area contributed by atoms with E-state index in [1.807, 2.05) is 6.92 Å². The summed E-state index contributed by atoms with van der Waals surface area (Å²) >= 11 is 6.32. The number of amides is 1. The van der Waals surface area contributed by atoms with Gasteiger partial charge in [-0.2, -0.15) is 0 Å². The maximum Gasteiger partial charge on any atom is 0.313 e. The fourth-order valence-electron chi connectivity index (χ4n) is 5.41. The van der Waals surface area contributed by atoms with E-state index in [9.17, 15) is 38.4 Å². The van der Waals surface area contributed by atoms with Crippen LogP contribution >= 0.6 is 47.0 Å². The number of nitrogens with one attached hydrogen (secondary N) is 1. The second kappa shape index (κ2) is 34.9. The number of carboxylic acid groups (broad SMARTS) is 2. The van der Waals surface area contributed by atoms with Gasteiger partial charge in [-0.05, 0) is 85.1 Å². The van der Waals surface area contributed by atoms with Crippen LogP contribution in [-0.2, 0) is 38.4 Å². The fraction of sp³-hybridized carbons (Fsp3) is 0.800. The van der Waals surface area contributed by atoms with Crippen molar-refractivity contribution in [1.82, 2.24) is 5.32 Å². The maximum atomic E-state index is 12.1. The highest BCUT2D eigenvalue weighted by Crippen LogP contribution is 2.41. The van der Waals surface area contributed by atoms with Crippen molar-refractivity contribution < 1.29 is 48.6 Å². The molecule has 2 aliphatic carbocycles. The van der Waals surface area contributed by atoms with E-state index in [-0.39, 0.29) is 66.9 Å². The number of carboxylic acids is 2. The summed E-state index contributed by atoms with van der Waals surface area (Å²) in [4.78, 5) is 88.7. The van der Waals surface area contributed by atoms with Crippen LogP contribution in [0.4, 0.5) is 0 Å². The van der Waals surface area contributed by atoms with E-state index in [1.54, 1.807) is 30.4 Å². The van der Waals surface area contributed by atoms with Gasteiger partial charge in [-0.1, -0.05) is 33.6 Å². The molecule has 0 aromatic rings. The summed E-state index contributed by atoms with van der Waals surface area (Å²) in [6, 6.07) is -0.416. The molecule has 0 bridgehead atoms. The molecule has 0 aromatic heterocycles. The Morgan fingerprint density at radius 1 is 0.632 bits per heavy atom. The van der Waals surface area contributed by atoms with Crippen LogP contribution in [0.3, 0.4) is 0 Å². The summed E-state index contributed by atoms with van der Waals surface area (Å²) < 4.78 is 0. The van der Waals surface area contributed by atoms with Crippen LogP contribution in [0.1, 0.15) is 131 Å². The van der Waals surface area contributed by atoms with Gasteiger partial charge in [0.05, 0.1) is 35.6 Å². The highest BCUT2D eigenvalue weighted by Gasteiger charge is 2.33. The Kier molecular flexibility index (Phi) is 35.0. The zero-order valence-electron chi connectivity index (χ0n) is 33.8. The van der Waals surface area contributed by atoms with Crippen molar-refractivity contribution in [1.29, 1.82) is 0 Å². The molecule has 7 N–H and O–H groups in total. The Morgan fingerprint density at radius 3 is 1.54 bits per heavy atom. The lowest BCUT2D eigenvalue weighted by atomic mass is 9.97. The molecular weight excluding hydrogens is 811 g/mol. The average Bonchev–Trinajstić information content (AvgIpc) is 3.10. The highest BCUT2D eigenvalue weighted by molar-refractivity contribution is 8.05. The number of unbranched alkanes of at least 4 members (excludes halogenated alkanes) is 3. The van der Waals surface area contributed by atoms with E-state index < -0.39 is 18.0 Å². The van der Waals surface area contributed by atoms with Crippen molar-refractivity contribution in [2.24, 2.45) is 17.4 Å². The van der Waals surface area contributed by atoms with Crippen LogP contribution in [0, 0.1) is 5.92 Å². The molecule has 6 atom stereocenters. The lowest BCUT2D eigenvalue weighted by molar-refractivity contribution is -0.135. The fourth-order valence-corrected chi connectivity index (χ4v) is 10.7. The number of Topliss-reactive ketones (excluding diaryl/α,β-unsaturated/α-hetero) is 5. The van der Waals surface area contributed by atoms with E-state index >= 15 is 0 Å². The first kappa shape index (κ1) is 57.2. The minimum absolute atomic E-state index is 0. The number of thioether (sulfide) groups is 4. The molecule has 0 aromatic carbocycles. The third kappa shape index (κ3) is 30.7. The van der Waals surface area contributed by atoms with Crippen molar-refractivity contribution >= 4 is 93.8 Å². The molecule has 13 nitrogen and oxygen atoms in total. The van der Waals surface area contributed by atoms with Crippen molar-refractivity contribution in [2.45, 2.75) is 158 Å². The summed E-state index contributed by atoms with van der Waals surface area (Å²) in [5, 5.41) is 21.3. The normalized spacial score (nSPS) is 18.9. The van der Waals surface area contributed by atoms with E-state index in [2.05, 4.69) is 5.32 Å². The Labute approximate surface area is 358 Å². The molecule has 0 aliphatic heterocycles. The molecule has 2 aliphatic rings. The van der Waals surface area contributed by atoms with Crippen molar-refractivity contribution in [2.75, 3.05) is 36.1 Å². The standard InChI is InChI=1S/C21H35NO4S2.C10H20N2O2.C8H12O4S2.CH4/c1-4-17(21(26)22-12-15(2)23)8-6-5-7-9-18(25)14-28-20-11-10-19(20)27-13-16(3)24;1-8(13)5-6-10(14)9(12)4-2-3-7-11;9-7(10)3-13-5-1-2-6(5)14-4-8(11)12;/h17,19-20H,4-14H2,1-3H3,(H,22,26);9H,2-7,11-12H2,1H3;5-6H,1-4H2,(H,9,10)(H,11,12);1H4/t17-,19?,20?;9-;;/m00../s1. The van der Waals surface area contributed by atoms with Gasteiger partial charge in [-0.15, -0.1) is 47.0 Å². The monoisotopic (exact) mass is 881 g/mol. The minimum Gasteiger partial charge on any atom is -0.481 e. The number of hydrogen-bond acceptors (Lipinski definition) is 14. The number of carbonyl (C=O) groups excluding carboxylic acids is 6. The zero-order valence-corrected chi connectivity index (χ0v) is 37.0. The molecule has 57 heavy (non-hydrogen) atoms. The molecule has 2 fully saturated rings. The van der Waals surface area contributed by atoms with Gasteiger partial charge in [0.25, 0.3) is 0 Å². The van der Waals surface area contributed by atoms with Crippen LogP contribution in [0.2, 0.25) is 0 Å². The molecule has 1 amide bonds. The summed E-state index contributed by atoms with van der Waals surface area (Å²) in [7, 11) is 0. The Bertz CT molecular complexity index is 1220. The Balaban J connectivity index is 0. The SMILES string of the molecule is C.CC(=O)CCC(=O)[C@@H](N)CCCCN.CC[C@@H](CCCCCC(=O)CSC1CCC1SCC(C)=O)C(=O)NCC(C)=O.O=C(O)CSC1CCC1SCC(=O)O. The second-order valence-corrected chi connectivity index (χ2v) is 19.2. The summed E-state index contributed by atoms with van der Waals surface area (Å²) in [6.45, 7) is 7.30. The van der Waals surface area contributed by atoms with Gasteiger partial charge in [-0.3, -0.25) is 33.6 Å². The van der Waals surface area contributed by atoms with Gasteiger partial charge in [0, 0.05) is 46.2 Å². The molecule has 2 rings (SSSR count). The topological polar surface area (TPSA) is 241 Å². The Morgan fingerprint density at radius 2 is 1.12 bits per heavy atom. The number of hydrogen-bond donors (Lipinski definition) is 5. The van der Waals surface area contributed by atoms with E-state index in [0.29, 0.717) is 64.1 Å². The lowest BCUT2D eigenvalue weighted by Crippen LogP contribution is -2.33. The van der Waals surface area contributed by atoms with Crippen LogP contribution in [-0.4, -0.2) is 120 Å². The first-order valence-electron chi connectivity index (χ1n) is 19.7. The van der Waals surface area contributed by atoms with Gasteiger partial charge in [0.2, 0.25) is 5.91 Å². The first-order chi connectivity index (χ1) is 26.5. The average molecular weight is 882 g/mol. The largest absolute Gasteiger partial charge is 0.481 e. The van der Waals surface area contributed by atoms with Crippen molar-refractivity contribution in [3.05, 3.63) is 0 Å². The molecule has 4 unspecified atom stereocenters. The number of ketones is 5. The zero-order chi connectivity index (χ0) is 42.5. The van der Waals surface area contributed by atoms with Crippen LogP contribution in [0.5, 0.6) is 0 Å².